The number of hydrogen-bond donors (Lipinski definition) is 1. The fourth-order valence-electron chi connectivity index (χ4n) is 4.01. The number of rotatable bonds is 8. The molecule has 1 N–H and O–H groups in total. The first-order valence-electron chi connectivity index (χ1n) is 10.3. The molecule has 0 aliphatic carbocycles. The smallest absolute Gasteiger partial charge is 0.410 e. The monoisotopic (exact) mass is 429 g/mol. The van der Waals surface area contributed by atoms with E-state index in [1.807, 2.05) is 61.5 Å². The van der Waals surface area contributed by atoms with Crippen molar-refractivity contribution in [3.8, 4) is 5.75 Å². The Balaban J connectivity index is 1.87. The molecule has 168 valence electrons. The van der Waals surface area contributed by atoms with Crippen molar-refractivity contribution in [3.63, 3.8) is 0 Å². The second kappa shape index (κ2) is 10.1. The number of ether oxygens (including phenoxy) is 4. The molecule has 1 aliphatic heterocycles. The van der Waals surface area contributed by atoms with Gasteiger partial charge in [-0.05, 0) is 37.1 Å². The predicted molar refractivity (Wildman–Crippen MR) is 116 cm³/mol. The van der Waals surface area contributed by atoms with Crippen molar-refractivity contribution in [1.82, 2.24) is 4.90 Å². The average molecular weight is 430 g/mol. The number of nitrogens with zero attached hydrogens (tertiary/aromatic N) is 1. The van der Waals surface area contributed by atoms with Crippen molar-refractivity contribution >= 4 is 6.09 Å². The number of methoxy groups -OCH3 is 2. The van der Waals surface area contributed by atoms with Crippen molar-refractivity contribution in [2.45, 2.75) is 57.5 Å². The van der Waals surface area contributed by atoms with Crippen molar-refractivity contribution in [2.75, 3.05) is 14.2 Å². The van der Waals surface area contributed by atoms with Gasteiger partial charge in [0.05, 0.1) is 18.8 Å². The maximum absolute atomic E-state index is 13.3. The maximum Gasteiger partial charge on any atom is 0.410 e. The standard InChI is InChI=1S/C24H31NO6/c1-17(26)22-24(2,14-21(29-4)31-22)25(15-18-10-12-20(28-3)13-11-18)23(27)30-16-19-8-6-5-7-9-19/h5-13,17,21-22,26H,14-16H2,1-4H3/t17-,21?,22+,24+/m1/s1. The van der Waals surface area contributed by atoms with E-state index < -0.39 is 30.1 Å². The Morgan fingerprint density at radius 3 is 2.42 bits per heavy atom. The predicted octanol–water partition coefficient (Wildman–Crippen LogP) is 3.73. The lowest BCUT2D eigenvalue weighted by Gasteiger charge is -2.41. The summed E-state index contributed by atoms with van der Waals surface area (Å²) in [5.41, 5.74) is 0.974. The minimum atomic E-state index is -0.831. The van der Waals surface area contributed by atoms with Crippen LogP contribution in [-0.2, 0) is 27.4 Å². The highest BCUT2D eigenvalue weighted by Crippen LogP contribution is 2.39. The lowest BCUT2D eigenvalue weighted by Crippen LogP contribution is -2.57. The van der Waals surface area contributed by atoms with Gasteiger partial charge in [0.2, 0.25) is 0 Å². The summed E-state index contributed by atoms with van der Waals surface area (Å²) in [7, 11) is 3.16. The summed E-state index contributed by atoms with van der Waals surface area (Å²) in [5, 5.41) is 10.4. The Labute approximate surface area is 183 Å². The van der Waals surface area contributed by atoms with Crippen LogP contribution in [0.3, 0.4) is 0 Å². The fraction of sp³-hybridized carbons (Fsp3) is 0.458. The average Bonchev–Trinajstić information content (AvgIpc) is 3.14. The SMILES string of the molecule is COc1ccc(CN(C(=O)OCc2ccccc2)[C@@]2(C)CC(OC)O[C@H]2[C@@H](C)O)cc1. The minimum absolute atomic E-state index is 0.156. The van der Waals surface area contributed by atoms with E-state index in [9.17, 15) is 9.90 Å². The number of aliphatic hydroxyl groups is 1. The highest BCUT2D eigenvalue weighted by Gasteiger charge is 2.53. The third-order valence-corrected chi connectivity index (χ3v) is 5.73. The first kappa shape index (κ1) is 23.1. The van der Waals surface area contributed by atoms with E-state index in [1.54, 1.807) is 26.0 Å². The molecule has 2 aromatic carbocycles. The van der Waals surface area contributed by atoms with Gasteiger partial charge in [0, 0.05) is 20.1 Å². The van der Waals surface area contributed by atoms with Crippen LogP contribution in [0.2, 0.25) is 0 Å². The van der Waals surface area contributed by atoms with Crippen LogP contribution in [-0.4, -0.2) is 54.4 Å². The number of carbonyl (C=O) groups excluding carboxylic acids is 1. The molecule has 4 atom stereocenters. The van der Waals surface area contributed by atoms with E-state index >= 15 is 0 Å². The molecule has 1 aliphatic rings. The van der Waals surface area contributed by atoms with Gasteiger partial charge in [-0.2, -0.15) is 0 Å². The number of benzene rings is 2. The van der Waals surface area contributed by atoms with Crippen LogP contribution in [0, 0.1) is 0 Å². The molecule has 7 nitrogen and oxygen atoms in total. The molecule has 0 spiro atoms. The summed E-state index contributed by atoms with van der Waals surface area (Å²) < 4.78 is 22.2. The Kier molecular flexibility index (Phi) is 7.54. The molecule has 31 heavy (non-hydrogen) atoms. The van der Waals surface area contributed by atoms with Gasteiger partial charge in [-0.15, -0.1) is 0 Å². The van der Waals surface area contributed by atoms with Crippen LogP contribution in [0.25, 0.3) is 0 Å². The zero-order valence-corrected chi connectivity index (χ0v) is 18.5. The molecule has 1 fully saturated rings. The van der Waals surface area contributed by atoms with Crippen molar-refractivity contribution in [1.29, 1.82) is 0 Å². The van der Waals surface area contributed by atoms with E-state index in [0.717, 1.165) is 16.9 Å². The topological polar surface area (TPSA) is 77.5 Å². The lowest BCUT2D eigenvalue weighted by molar-refractivity contribution is -0.144. The molecule has 1 heterocycles. The van der Waals surface area contributed by atoms with Crippen molar-refractivity contribution < 1.29 is 28.8 Å². The molecule has 0 bridgehead atoms. The Hall–Kier alpha value is -2.61. The number of aliphatic hydroxyl groups excluding tert-OH is 1. The Bertz CT molecular complexity index is 841. The zero-order valence-electron chi connectivity index (χ0n) is 18.5. The summed E-state index contributed by atoms with van der Waals surface area (Å²) in [5.74, 6) is 0.735. The molecule has 0 aromatic heterocycles. The van der Waals surface area contributed by atoms with Crippen LogP contribution in [0.15, 0.2) is 54.6 Å². The maximum atomic E-state index is 13.3. The van der Waals surface area contributed by atoms with Crippen LogP contribution in [0.4, 0.5) is 4.79 Å². The molecule has 1 amide bonds. The summed E-state index contributed by atoms with van der Waals surface area (Å²) in [6.07, 6.45) is -2.01. The van der Waals surface area contributed by atoms with Crippen LogP contribution in [0.5, 0.6) is 5.75 Å². The zero-order chi connectivity index (χ0) is 22.4. The molecule has 0 saturated carbocycles. The van der Waals surface area contributed by atoms with Gasteiger partial charge in [-0.1, -0.05) is 42.5 Å². The first-order valence-corrected chi connectivity index (χ1v) is 10.3. The highest BCUT2D eigenvalue weighted by molar-refractivity contribution is 5.69. The van der Waals surface area contributed by atoms with E-state index in [4.69, 9.17) is 18.9 Å². The van der Waals surface area contributed by atoms with Gasteiger partial charge in [-0.3, -0.25) is 4.90 Å². The van der Waals surface area contributed by atoms with Crippen molar-refractivity contribution in [2.24, 2.45) is 0 Å². The molecule has 1 unspecified atom stereocenters. The van der Waals surface area contributed by atoms with Crippen LogP contribution < -0.4 is 4.74 Å². The largest absolute Gasteiger partial charge is 0.497 e. The van der Waals surface area contributed by atoms with Gasteiger partial charge in [-0.25, -0.2) is 4.79 Å². The normalized spacial score (nSPS) is 23.9. The van der Waals surface area contributed by atoms with Crippen molar-refractivity contribution in [3.05, 3.63) is 65.7 Å². The third kappa shape index (κ3) is 5.36. The van der Waals surface area contributed by atoms with Gasteiger partial charge in [0.25, 0.3) is 0 Å². The number of carbonyl (C=O) groups is 1. The summed E-state index contributed by atoms with van der Waals surface area (Å²) in [4.78, 5) is 14.9. The molecule has 3 rings (SSSR count). The van der Waals surface area contributed by atoms with E-state index in [2.05, 4.69) is 0 Å². The highest BCUT2D eigenvalue weighted by atomic mass is 16.7. The second-order valence-corrected chi connectivity index (χ2v) is 8.00. The molecule has 2 aromatic rings. The Morgan fingerprint density at radius 1 is 1.16 bits per heavy atom. The van der Waals surface area contributed by atoms with E-state index in [-0.39, 0.29) is 13.2 Å². The van der Waals surface area contributed by atoms with Gasteiger partial charge < -0.3 is 24.1 Å². The fourth-order valence-corrected chi connectivity index (χ4v) is 4.01. The second-order valence-electron chi connectivity index (χ2n) is 8.00. The van der Waals surface area contributed by atoms with E-state index in [1.165, 1.54) is 0 Å². The van der Waals surface area contributed by atoms with Crippen LogP contribution in [0.1, 0.15) is 31.4 Å². The number of hydrogen-bond acceptors (Lipinski definition) is 6. The molecule has 0 radical (unpaired) electrons. The van der Waals surface area contributed by atoms with Gasteiger partial charge in [0.1, 0.15) is 18.5 Å². The molecular formula is C24H31NO6. The summed E-state index contributed by atoms with van der Waals surface area (Å²) >= 11 is 0. The quantitative estimate of drug-likeness (QED) is 0.689. The molecule has 7 heteroatoms. The minimum Gasteiger partial charge on any atom is -0.497 e. The Morgan fingerprint density at radius 2 is 1.84 bits per heavy atom. The molecular weight excluding hydrogens is 398 g/mol. The first-order chi connectivity index (χ1) is 14.9. The van der Waals surface area contributed by atoms with Gasteiger partial charge >= 0.3 is 6.09 Å². The third-order valence-electron chi connectivity index (χ3n) is 5.73. The summed E-state index contributed by atoms with van der Waals surface area (Å²) in [6, 6.07) is 17.0. The van der Waals surface area contributed by atoms with Crippen LogP contribution >= 0.6 is 0 Å². The lowest BCUT2D eigenvalue weighted by atomic mass is 9.88. The van der Waals surface area contributed by atoms with E-state index in [0.29, 0.717) is 6.42 Å². The summed E-state index contributed by atoms with van der Waals surface area (Å²) in [6.45, 7) is 4.00. The number of amides is 1. The van der Waals surface area contributed by atoms with Gasteiger partial charge in [0.15, 0.2) is 6.29 Å². The molecule has 1 saturated heterocycles.